The fourth-order valence-corrected chi connectivity index (χ4v) is 2.62. The van der Waals surface area contributed by atoms with E-state index in [-0.39, 0.29) is 23.3 Å². The quantitative estimate of drug-likeness (QED) is 0.616. The molecule has 0 spiro atoms. The third-order valence-corrected chi connectivity index (χ3v) is 4.20. The number of amides is 2. The second-order valence-corrected chi connectivity index (χ2v) is 6.62. The van der Waals surface area contributed by atoms with Crippen molar-refractivity contribution >= 4 is 35.1 Å². The summed E-state index contributed by atoms with van der Waals surface area (Å²) < 4.78 is 10.4. The fraction of sp³-hybridized carbons (Fsp3) is 0.389. The van der Waals surface area contributed by atoms with E-state index in [1.807, 2.05) is 12.1 Å². The second-order valence-electron chi connectivity index (χ2n) is 5.64. The zero-order valence-corrected chi connectivity index (χ0v) is 15.7. The summed E-state index contributed by atoms with van der Waals surface area (Å²) in [5.74, 6) is 1.71. The minimum atomic E-state index is -0.232. The van der Waals surface area contributed by atoms with E-state index in [0.29, 0.717) is 23.9 Å². The van der Waals surface area contributed by atoms with E-state index in [4.69, 9.17) is 9.26 Å². The maximum atomic E-state index is 11.9. The van der Waals surface area contributed by atoms with Crippen LogP contribution in [0.4, 0.5) is 11.5 Å². The van der Waals surface area contributed by atoms with Crippen LogP contribution in [0.1, 0.15) is 25.5 Å². The van der Waals surface area contributed by atoms with E-state index in [1.165, 1.54) is 11.8 Å². The van der Waals surface area contributed by atoms with Gasteiger partial charge in [0, 0.05) is 11.8 Å². The Labute approximate surface area is 156 Å². The fourth-order valence-electron chi connectivity index (χ4n) is 2.01. The average Bonchev–Trinajstić information content (AvgIpc) is 3.01. The molecule has 1 aromatic heterocycles. The van der Waals surface area contributed by atoms with Gasteiger partial charge in [-0.3, -0.25) is 9.59 Å². The molecular weight excluding hydrogens is 354 g/mol. The first-order chi connectivity index (χ1) is 12.6. The number of nitrogens with zero attached hydrogens (tertiary/aromatic N) is 1. The standard InChI is InChI=1S/C18H23N3O4S/c1-3-4-9-24-15-7-5-14(6-8-15)19-17(22)11-26-12-18(23)20-16-10-13(2)25-21-16/h5-8,10H,3-4,9,11-12H2,1-2H3,(H,19,22)(H,20,21,23). The lowest BCUT2D eigenvalue weighted by Gasteiger charge is -2.08. The van der Waals surface area contributed by atoms with Crippen molar-refractivity contribution in [2.45, 2.75) is 26.7 Å². The van der Waals surface area contributed by atoms with Crippen molar-refractivity contribution in [1.82, 2.24) is 5.16 Å². The van der Waals surface area contributed by atoms with Gasteiger partial charge in [-0.2, -0.15) is 0 Å². The summed E-state index contributed by atoms with van der Waals surface area (Å²) in [5, 5.41) is 9.07. The Morgan fingerprint density at radius 3 is 2.46 bits per heavy atom. The highest BCUT2D eigenvalue weighted by Crippen LogP contribution is 2.16. The number of hydrogen-bond acceptors (Lipinski definition) is 6. The predicted octanol–water partition coefficient (Wildman–Crippen LogP) is 3.47. The average molecular weight is 377 g/mol. The summed E-state index contributed by atoms with van der Waals surface area (Å²) in [4.78, 5) is 23.7. The van der Waals surface area contributed by atoms with Crippen LogP contribution in [0.3, 0.4) is 0 Å². The Hall–Kier alpha value is -2.48. The molecule has 1 aromatic carbocycles. The van der Waals surface area contributed by atoms with Crippen molar-refractivity contribution in [3.8, 4) is 5.75 Å². The Morgan fingerprint density at radius 2 is 1.85 bits per heavy atom. The molecule has 2 amide bonds. The summed E-state index contributed by atoms with van der Waals surface area (Å²) in [6.07, 6.45) is 2.10. The smallest absolute Gasteiger partial charge is 0.235 e. The topological polar surface area (TPSA) is 93.5 Å². The summed E-state index contributed by atoms with van der Waals surface area (Å²) in [5.41, 5.74) is 0.695. The monoisotopic (exact) mass is 377 g/mol. The molecule has 0 saturated carbocycles. The first-order valence-corrected chi connectivity index (χ1v) is 9.56. The number of nitrogens with one attached hydrogen (secondary N) is 2. The van der Waals surface area contributed by atoms with Crippen LogP contribution < -0.4 is 15.4 Å². The molecule has 2 N–H and O–H groups in total. The van der Waals surface area contributed by atoms with Crippen LogP contribution in [0.25, 0.3) is 0 Å². The lowest BCUT2D eigenvalue weighted by Crippen LogP contribution is -2.18. The third-order valence-electron chi connectivity index (χ3n) is 3.27. The molecule has 2 rings (SSSR count). The number of rotatable bonds is 10. The largest absolute Gasteiger partial charge is 0.494 e. The van der Waals surface area contributed by atoms with E-state index in [1.54, 1.807) is 25.1 Å². The van der Waals surface area contributed by atoms with Gasteiger partial charge in [-0.15, -0.1) is 11.8 Å². The van der Waals surface area contributed by atoms with E-state index in [9.17, 15) is 9.59 Å². The maximum absolute atomic E-state index is 11.9. The molecule has 0 radical (unpaired) electrons. The van der Waals surface area contributed by atoms with Gasteiger partial charge in [-0.1, -0.05) is 18.5 Å². The molecule has 0 aliphatic rings. The third kappa shape index (κ3) is 7.18. The van der Waals surface area contributed by atoms with Gasteiger partial charge in [0.1, 0.15) is 11.5 Å². The number of anilines is 2. The van der Waals surface area contributed by atoms with Crippen molar-refractivity contribution in [3.63, 3.8) is 0 Å². The van der Waals surface area contributed by atoms with Crippen molar-refractivity contribution < 1.29 is 18.8 Å². The molecule has 1 heterocycles. The molecule has 0 unspecified atom stereocenters. The molecule has 26 heavy (non-hydrogen) atoms. The van der Waals surface area contributed by atoms with Crippen molar-refractivity contribution in [3.05, 3.63) is 36.1 Å². The summed E-state index contributed by atoms with van der Waals surface area (Å²) in [7, 11) is 0. The molecule has 0 atom stereocenters. The lowest BCUT2D eigenvalue weighted by molar-refractivity contribution is -0.114. The Kier molecular flexibility index (Phi) is 8.01. The molecule has 2 aromatic rings. The van der Waals surface area contributed by atoms with Crippen molar-refractivity contribution in [1.29, 1.82) is 0 Å². The SMILES string of the molecule is CCCCOc1ccc(NC(=O)CSCC(=O)Nc2cc(C)on2)cc1. The summed E-state index contributed by atoms with van der Waals surface area (Å²) in [6.45, 7) is 4.54. The van der Waals surface area contributed by atoms with Gasteiger partial charge in [-0.25, -0.2) is 0 Å². The normalized spacial score (nSPS) is 10.4. The second kappa shape index (κ2) is 10.5. The van der Waals surface area contributed by atoms with E-state index >= 15 is 0 Å². The van der Waals surface area contributed by atoms with Gasteiger partial charge in [-0.05, 0) is 37.6 Å². The number of hydrogen-bond donors (Lipinski definition) is 2. The zero-order chi connectivity index (χ0) is 18.8. The molecule has 7 nitrogen and oxygen atoms in total. The van der Waals surface area contributed by atoms with Gasteiger partial charge in [0.15, 0.2) is 5.82 Å². The highest BCUT2D eigenvalue weighted by Gasteiger charge is 2.08. The van der Waals surface area contributed by atoms with Crippen LogP contribution in [-0.2, 0) is 9.59 Å². The van der Waals surface area contributed by atoms with E-state index in [0.717, 1.165) is 18.6 Å². The number of thioether (sulfide) groups is 1. The Bertz CT molecular complexity index is 715. The number of aromatic nitrogens is 1. The van der Waals surface area contributed by atoms with Gasteiger partial charge in [0.25, 0.3) is 0 Å². The van der Waals surface area contributed by atoms with Crippen LogP contribution in [0.2, 0.25) is 0 Å². The number of benzene rings is 1. The molecule has 0 fully saturated rings. The molecule has 8 heteroatoms. The highest BCUT2D eigenvalue weighted by atomic mass is 32.2. The lowest BCUT2D eigenvalue weighted by atomic mass is 10.3. The minimum Gasteiger partial charge on any atom is -0.494 e. The van der Waals surface area contributed by atoms with Crippen LogP contribution in [0.5, 0.6) is 5.75 Å². The first-order valence-electron chi connectivity index (χ1n) is 8.40. The molecule has 0 aliphatic carbocycles. The van der Waals surface area contributed by atoms with Crippen LogP contribution in [0.15, 0.2) is 34.9 Å². The highest BCUT2D eigenvalue weighted by molar-refractivity contribution is 8.00. The molecule has 0 bridgehead atoms. The number of unbranched alkanes of at least 4 members (excludes halogenated alkanes) is 1. The van der Waals surface area contributed by atoms with Crippen LogP contribution in [0, 0.1) is 6.92 Å². The number of carbonyl (C=O) groups is 2. The van der Waals surface area contributed by atoms with Crippen LogP contribution in [-0.4, -0.2) is 35.1 Å². The molecule has 140 valence electrons. The Morgan fingerprint density at radius 1 is 1.15 bits per heavy atom. The van der Waals surface area contributed by atoms with Gasteiger partial charge in [0.2, 0.25) is 11.8 Å². The summed E-state index contributed by atoms with van der Waals surface area (Å²) in [6, 6.07) is 8.87. The number of carbonyl (C=O) groups excluding carboxylic acids is 2. The van der Waals surface area contributed by atoms with Gasteiger partial charge < -0.3 is 19.9 Å². The van der Waals surface area contributed by atoms with Gasteiger partial charge in [0.05, 0.1) is 18.1 Å². The van der Waals surface area contributed by atoms with E-state index in [2.05, 4.69) is 22.7 Å². The molecule has 0 saturated heterocycles. The van der Waals surface area contributed by atoms with Crippen molar-refractivity contribution in [2.24, 2.45) is 0 Å². The molecule has 0 aliphatic heterocycles. The zero-order valence-electron chi connectivity index (χ0n) is 14.9. The molecular formula is C18H23N3O4S. The Balaban J connectivity index is 1.65. The maximum Gasteiger partial charge on any atom is 0.235 e. The predicted molar refractivity (Wildman–Crippen MR) is 103 cm³/mol. The van der Waals surface area contributed by atoms with Crippen molar-refractivity contribution in [2.75, 3.05) is 28.7 Å². The summed E-state index contributed by atoms with van der Waals surface area (Å²) >= 11 is 1.22. The number of aryl methyl sites for hydroxylation is 1. The minimum absolute atomic E-state index is 0.156. The van der Waals surface area contributed by atoms with E-state index < -0.39 is 0 Å². The van der Waals surface area contributed by atoms with Crippen LogP contribution >= 0.6 is 11.8 Å². The first kappa shape index (κ1) is 19.8. The number of ether oxygens (including phenoxy) is 1. The van der Waals surface area contributed by atoms with Gasteiger partial charge >= 0.3 is 0 Å².